The van der Waals surface area contributed by atoms with E-state index in [2.05, 4.69) is 22.0 Å². The van der Waals surface area contributed by atoms with E-state index in [1.807, 2.05) is 25.7 Å². The van der Waals surface area contributed by atoms with Crippen molar-refractivity contribution in [2.24, 2.45) is 0 Å². The van der Waals surface area contributed by atoms with E-state index in [1.165, 1.54) is 5.56 Å². The molecule has 1 amide bonds. The quantitative estimate of drug-likeness (QED) is 0.795. The van der Waals surface area contributed by atoms with Crippen molar-refractivity contribution < 1.29 is 9.59 Å². The number of amides is 1. The number of carbonyl (C=O) groups is 2. The SMILES string of the molecule is Cc1cc(C)c(C(=O)CN2CCN(C(=O)c3ccncc3)CC2)c(C)c1. The van der Waals surface area contributed by atoms with Crippen LogP contribution in [-0.4, -0.2) is 59.2 Å². The first kappa shape index (κ1) is 18.3. The van der Waals surface area contributed by atoms with E-state index in [9.17, 15) is 9.59 Å². The molecular weight excluding hydrogens is 326 g/mol. The van der Waals surface area contributed by atoms with Gasteiger partial charge in [-0.2, -0.15) is 0 Å². The molecule has 5 nitrogen and oxygen atoms in total. The van der Waals surface area contributed by atoms with Gasteiger partial charge < -0.3 is 4.90 Å². The molecule has 0 aliphatic carbocycles. The van der Waals surface area contributed by atoms with Gasteiger partial charge in [-0.3, -0.25) is 19.5 Å². The fourth-order valence-electron chi connectivity index (χ4n) is 3.69. The standard InChI is InChI=1S/C21H25N3O2/c1-15-12-16(2)20(17(3)13-15)19(25)14-23-8-10-24(11-9-23)21(26)18-4-6-22-7-5-18/h4-7,12-13H,8-11,14H2,1-3H3. The average Bonchev–Trinajstić information content (AvgIpc) is 2.61. The van der Waals surface area contributed by atoms with Crippen LogP contribution in [0.15, 0.2) is 36.7 Å². The summed E-state index contributed by atoms with van der Waals surface area (Å²) in [5.74, 6) is 0.192. The van der Waals surface area contributed by atoms with E-state index < -0.39 is 0 Å². The van der Waals surface area contributed by atoms with E-state index in [0.717, 1.165) is 16.7 Å². The molecule has 136 valence electrons. The smallest absolute Gasteiger partial charge is 0.254 e. The normalized spacial score (nSPS) is 15.1. The van der Waals surface area contributed by atoms with Crippen LogP contribution in [0.25, 0.3) is 0 Å². The number of hydrogen-bond acceptors (Lipinski definition) is 4. The van der Waals surface area contributed by atoms with Gasteiger partial charge in [-0.25, -0.2) is 0 Å². The summed E-state index contributed by atoms with van der Waals surface area (Å²) in [4.78, 5) is 33.2. The monoisotopic (exact) mass is 351 g/mol. The number of Topliss-reactive ketones (excluding diaryl/α,β-unsaturated/α-hetero) is 1. The van der Waals surface area contributed by atoms with Gasteiger partial charge in [0.15, 0.2) is 5.78 Å². The lowest BCUT2D eigenvalue weighted by Crippen LogP contribution is -2.50. The number of hydrogen-bond donors (Lipinski definition) is 0. The van der Waals surface area contributed by atoms with E-state index >= 15 is 0 Å². The van der Waals surface area contributed by atoms with Crippen molar-refractivity contribution in [3.8, 4) is 0 Å². The maximum atomic E-state index is 12.8. The molecule has 0 unspecified atom stereocenters. The zero-order valence-electron chi connectivity index (χ0n) is 15.7. The second-order valence-electron chi connectivity index (χ2n) is 7.00. The molecule has 26 heavy (non-hydrogen) atoms. The molecule has 0 saturated carbocycles. The lowest BCUT2D eigenvalue weighted by molar-refractivity contribution is 0.0624. The molecule has 5 heteroatoms. The minimum atomic E-state index is 0.0311. The number of pyridine rings is 1. The number of aromatic nitrogens is 1. The van der Waals surface area contributed by atoms with Gasteiger partial charge in [-0.05, 0) is 44.0 Å². The van der Waals surface area contributed by atoms with Crippen LogP contribution >= 0.6 is 0 Å². The average molecular weight is 351 g/mol. The first-order chi connectivity index (χ1) is 12.5. The van der Waals surface area contributed by atoms with Crippen LogP contribution in [0.1, 0.15) is 37.4 Å². The first-order valence-corrected chi connectivity index (χ1v) is 8.98. The molecule has 3 rings (SSSR count). The van der Waals surface area contributed by atoms with Crippen LogP contribution in [0.5, 0.6) is 0 Å². The van der Waals surface area contributed by atoms with Gasteiger partial charge in [-0.15, -0.1) is 0 Å². The molecule has 0 radical (unpaired) electrons. The molecule has 2 aromatic rings. The van der Waals surface area contributed by atoms with Crippen molar-refractivity contribution in [2.45, 2.75) is 20.8 Å². The Morgan fingerprint density at radius 1 is 0.962 bits per heavy atom. The van der Waals surface area contributed by atoms with Gasteiger partial charge in [0.25, 0.3) is 5.91 Å². The Hall–Kier alpha value is -2.53. The predicted octanol–water partition coefficient (Wildman–Crippen LogP) is 2.65. The largest absolute Gasteiger partial charge is 0.336 e. The maximum absolute atomic E-state index is 12.8. The van der Waals surface area contributed by atoms with E-state index in [0.29, 0.717) is 38.3 Å². The lowest BCUT2D eigenvalue weighted by Gasteiger charge is -2.34. The van der Waals surface area contributed by atoms with Gasteiger partial charge >= 0.3 is 0 Å². The van der Waals surface area contributed by atoms with Crippen molar-refractivity contribution in [3.63, 3.8) is 0 Å². The summed E-state index contributed by atoms with van der Waals surface area (Å²) in [5, 5.41) is 0. The van der Waals surface area contributed by atoms with Crippen LogP contribution < -0.4 is 0 Å². The molecule has 0 bridgehead atoms. The second kappa shape index (κ2) is 7.79. The van der Waals surface area contributed by atoms with Gasteiger partial charge in [0.1, 0.15) is 0 Å². The highest BCUT2D eigenvalue weighted by atomic mass is 16.2. The fourth-order valence-corrected chi connectivity index (χ4v) is 3.69. The van der Waals surface area contributed by atoms with Crippen molar-refractivity contribution >= 4 is 11.7 Å². The zero-order valence-corrected chi connectivity index (χ0v) is 15.7. The first-order valence-electron chi connectivity index (χ1n) is 8.98. The number of piperazine rings is 1. The molecular formula is C21H25N3O2. The van der Waals surface area contributed by atoms with Crippen molar-refractivity contribution in [2.75, 3.05) is 32.7 Å². The molecule has 1 aromatic heterocycles. The highest BCUT2D eigenvalue weighted by Crippen LogP contribution is 2.18. The molecule has 1 aliphatic heterocycles. The molecule has 0 atom stereocenters. The molecule has 0 spiro atoms. The second-order valence-corrected chi connectivity index (χ2v) is 7.00. The summed E-state index contributed by atoms with van der Waals surface area (Å²) in [6.45, 7) is 9.16. The van der Waals surface area contributed by atoms with E-state index in [-0.39, 0.29) is 11.7 Å². The molecule has 1 saturated heterocycles. The third-order valence-electron chi connectivity index (χ3n) is 4.91. The fraction of sp³-hybridized carbons (Fsp3) is 0.381. The number of ketones is 1. The minimum absolute atomic E-state index is 0.0311. The van der Waals surface area contributed by atoms with E-state index in [1.54, 1.807) is 24.5 Å². The van der Waals surface area contributed by atoms with E-state index in [4.69, 9.17) is 0 Å². The molecule has 1 aromatic carbocycles. The Bertz CT molecular complexity index is 786. The van der Waals surface area contributed by atoms with Crippen LogP contribution in [0, 0.1) is 20.8 Å². The summed E-state index contributed by atoms with van der Waals surface area (Å²) in [6, 6.07) is 7.60. The molecule has 1 aliphatic rings. The Balaban J connectivity index is 1.59. The van der Waals surface area contributed by atoms with Gasteiger partial charge in [0.2, 0.25) is 0 Å². The van der Waals surface area contributed by atoms with Crippen molar-refractivity contribution in [1.29, 1.82) is 0 Å². The zero-order chi connectivity index (χ0) is 18.7. The number of aryl methyl sites for hydroxylation is 3. The summed E-state index contributed by atoms with van der Waals surface area (Å²) in [5.41, 5.74) is 4.76. The van der Waals surface area contributed by atoms with Crippen LogP contribution in [-0.2, 0) is 0 Å². The Labute approximate surface area is 154 Å². The highest BCUT2D eigenvalue weighted by molar-refractivity contribution is 6.00. The molecule has 1 fully saturated rings. The summed E-state index contributed by atoms with van der Waals surface area (Å²) < 4.78 is 0. The predicted molar refractivity (Wildman–Crippen MR) is 102 cm³/mol. The topological polar surface area (TPSA) is 53.5 Å². The number of benzene rings is 1. The van der Waals surface area contributed by atoms with Crippen LogP contribution in [0.4, 0.5) is 0 Å². The number of nitrogens with zero attached hydrogens (tertiary/aromatic N) is 3. The molecule has 0 N–H and O–H groups in total. The Morgan fingerprint density at radius 2 is 1.54 bits per heavy atom. The van der Waals surface area contributed by atoms with Gasteiger partial charge in [0.05, 0.1) is 6.54 Å². The number of carbonyl (C=O) groups excluding carboxylic acids is 2. The summed E-state index contributed by atoms with van der Waals surface area (Å²) in [6.07, 6.45) is 3.27. The third kappa shape index (κ3) is 3.99. The number of rotatable bonds is 4. The van der Waals surface area contributed by atoms with Crippen LogP contribution in [0.3, 0.4) is 0 Å². The minimum Gasteiger partial charge on any atom is -0.336 e. The maximum Gasteiger partial charge on any atom is 0.254 e. The highest BCUT2D eigenvalue weighted by Gasteiger charge is 2.24. The van der Waals surface area contributed by atoms with Gasteiger partial charge in [0, 0.05) is 49.7 Å². The third-order valence-corrected chi connectivity index (χ3v) is 4.91. The lowest BCUT2D eigenvalue weighted by atomic mass is 9.96. The van der Waals surface area contributed by atoms with Gasteiger partial charge in [-0.1, -0.05) is 17.7 Å². The molecule has 2 heterocycles. The Kier molecular flexibility index (Phi) is 5.47. The Morgan fingerprint density at radius 3 is 2.12 bits per heavy atom. The summed E-state index contributed by atoms with van der Waals surface area (Å²) in [7, 11) is 0. The summed E-state index contributed by atoms with van der Waals surface area (Å²) >= 11 is 0. The van der Waals surface area contributed by atoms with Crippen molar-refractivity contribution in [3.05, 3.63) is 64.5 Å². The van der Waals surface area contributed by atoms with Crippen molar-refractivity contribution in [1.82, 2.24) is 14.8 Å². The van der Waals surface area contributed by atoms with Crippen LogP contribution in [0.2, 0.25) is 0 Å².